The van der Waals surface area contributed by atoms with Gasteiger partial charge in [0.25, 0.3) is 0 Å². The zero-order chi connectivity index (χ0) is 15.4. The van der Waals surface area contributed by atoms with Gasteiger partial charge in [0.1, 0.15) is 11.5 Å². The van der Waals surface area contributed by atoms with Crippen LogP contribution in [0.2, 0.25) is 5.02 Å². The summed E-state index contributed by atoms with van der Waals surface area (Å²) < 4.78 is 10.4. The highest BCUT2D eigenvalue weighted by atomic mass is 35.5. The van der Waals surface area contributed by atoms with Gasteiger partial charge in [-0.15, -0.1) is 0 Å². The lowest BCUT2D eigenvalue weighted by Gasteiger charge is -2.28. The highest BCUT2D eigenvalue weighted by Crippen LogP contribution is 2.36. The van der Waals surface area contributed by atoms with Gasteiger partial charge in [0.05, 0.1) is 24.9 Å². The lowest BCUT2D eigenvalue weighted by atomic mass is 9.96. The van der Waals surface area contributed by atoms with Gasteiger partial charge in [0.2, 0.25) is 5.91 Å². The SMILES string of the molecule is COc1cc(NC(=O)C2CCN(C)CC2)c(OC)cc1Cl. The molecule has 0 atom stereocenters. The minimum atomic E-state index is 0.0192. The number of benzene rings is 1. The number of hydrogen-bond donors (Lipinski definition) is 1. The number of hydrogen-bond acceptors (Lipinski definition) is 4. The minimum Gasteiger partial charge on any atom is -0.495 e. The Morgan fingerprint density at radius 2 is 1.86 bits per heavy atom. The van der Waals surface area contributed by atoms with Crippen molar-refractivity contribution < 1.29 is 14.3 Å². The first-order chi connectivity index (χ1) is 10.0. The number of carbonyl (C=O) groups excluding carboxylic acids is 1. The smallest absolute Gasteiger partial charge is 0.227 e. The summed E-state index contributed by atoms with van der Waals surface area (Å²) in [4.78, 5) is 14.6. The second kappa shape index (κ2) is 7.00. The molecule has 0 aromatic heterocycles. The Balaban J connectivity index is 2.12. The number of methoxy groups -OCH3 is 2. The monoisotopic (exact) mass is 312 g/mol. The highest BCUT2D eigenvalue weighted by Gasteiger charge is 2.24. The molecule has 1 saturated heterocycles. The molecule has 5 nitrogen and oxygen atoms in total. The fraction of sp³-hybridized carbons (Fsp3) is 0.533. The quantitative estimate of drug-likeness (QED) is 0.928. The molecule has 1 N–H and O–H groups in total. The second-order valence-electron chi connectivity index (χ2n) is 5.25. The third-order valence-corrected chi connectivity index (χ3v) is 4.12. The number of ether oxygens (including phenoxy) is 2. The largest absolute Gasteiger partial charge is 0.495 e. The van der Waals surface area contributed by atoms with Crippen LogP contribution < -0.4 is 14.8 Å². The number of anilines is 1. The average Bonchev–Trinajstić information content (AvgIpc) is 2.49. The van der Waals surface area contributed by atoms with E-state index in [1.807, 2.05) is 0 Å². The Bertz CT molecular complexity index is 514. The van der Waals surface area contributed by atoms with Gasteiger partial charge in [-0.25, -0.2) is 0 Å². The van der Waals surface area contributed by atoms with Crippen molar-refractivity contribution in [1.29, 1.82) is 0 Å². The van der Waals surface area contributed by atoms with E-state index in [9.17, 15) is 4.79 Å². The maximum Gasteiger partial charge on any atom is 0.227 e. The van der Waals surface area contributed by atoms with Crippen LogP contribution in [0.4, 0.5) is 5.69 Å². The summed E-state index contributed by atoms with van der Waals surface area (Å²) >= 11 is 6.06. The summed E-state index contributed by atoms with van der Waals surface area (Å²) in [7, 11) is 5.15. The van der Waals surface area contributed by atoms with Crippen molar-refractivity contribution >= 4 is 23.2 Å². The highest BCUT2D eigenvalue weighted by molar-refractivity contribution is 6.32. The first-order valence-electron chi connectivity index (χ1n) is 6.96. The number of amides is 1. The Morgan fingerprint density at radius 3 is 2.43 bits per heavy atom. The van der Waals surface area contributed by atoms with Crippen LogP contribution in [0.25, 0.3) is 0 Å². The van der Waals surface area contributed by atoms with Gasteiger partial charge in [-0.1, -0.05) is 11.6 Å². The Labute approximate surface area is 130 Å². The molecule has 1 aliphatic rings. The topological polar surface area (TPSA) is 50.8 Å². The van der Waals surface area contributed by atoms with Crippen LogP contribution in [0.3, 0.4) is 0 Å². The van der Waals surface area contributed by atoms with Crippen molar-refractivity contribution in [2.45, 2.75) is 12.8 Å². The van der Waals surface area contributed by atoms with E-state index in [-0.39, 0.29) is 11.8 Å². The van der Waals surface area contributed by atoms with Crippen molar-refractivity contribution in [3.8, 4) is 11.5 Å². The number of carbonyl (C=O) groups is 1. The summed E-state index contributed by atoms with van der Waals surface area (Å²) in [6.07, 6.45) is 1.74. The molecular weight excluding hydrogens is 292 g/mol. The molecule has 116 valence electrons. The maximum atomic E-state index is 12.4. The van der Waals surface area contributed by atoms with Crippen LogP contribution in [0, 0.1) is 5.92 Å². The van der Waals surface area contributed by atoms with E-state index in [0.717, 1.165) is 25.9 Å². The predicted molar refractivity (Wildman–Crippen MR) is 83.4 cm³/mol. The van der Waals surface area contributed by atoms with Crippen LogP contribution >= 0.6 is 11.6 Å². The summed E-state index contributed by atoms with van der Waals surface area (Å²) in [6.45, 7) is 1.89. The number of nitrogens with one attached hydrogen (secondary N) is 1. The summed E-state index contributed by atoms with van der Waals surface area (Å²) in [6, 6.07) is 3.33. The first-order valence-corrected chi connectivity index (χ1v) is 7.34. The molecule has 1 fully saturated rings. The molecule has 1 aromatic carbocycles. The van der Waals surface area contributed by atoms with Gasteiger partial charge < -0.3 is 19.7 Å². The number of rotatable bonds is 4. The van der Waals surface area contributed by atoms with Gasteiger partial charge in [-0.2, -0.15) is 0 Å². The fourth-order valence-electron chi connectivity index (χ4n) is 2.46. The third-order valence-electron chi connectivity index (χ3n) is 3.82. The molecule has 1 aliphatic heterocycles. The van der Waals surface area contributed by atoms with Crippen LogP contribution in [0.1, 0.15) is 12.8 Å². The van der Waals surface area contributed by atoms with Crippen molar-refractivity contribution in [2.75, 3.05) is 39.7 Å². The molecule has 0 spiro atoms. The normalized spacial score (nSPS) is 16.6. The molecular formula is C15H21ClN2O3. The Kier molecular flexibility index (Phi) is 5.31. The Hall–Kier alpha value is -1.46. The average molecular weight is 313 g/mol. The van der Waals surface area contributed by atoms with Crippen LogP contribution in [-0.2, 0) is 4.79 Å². The molecule has 1 amide bonds. The summed E-state index contributed by atoms with van der Waals surface area (Å²) in [5.74, 6) is 1.09. The van der Waals surface area contributed by atoms with Gasteiger partial charge in [0.15, 0.2) is 0 Å². The number of nitrogens with zero attached hydrogens (tertiary/aromatic N) is 1. The van der Waals surface area contributed by atoms with Gasteiger partial charge in [-0.3, -0.25) is 4.79 Å². The summed E-state index contributed by atoms with van der Waals surface area (Å²) in [5.41, 5.74) is 0.586. The lowest BCUT2D eigenvalue weighted by Crippen LogP contribution is -2.35. The van der Waals surface area contributed by atoms with E-state index in [1.165, 1.54) is 7.11 Å². The number of likely N-dealkylation sites (tertiary alicyclic amines) is 1. The number of halogens is 1. The van der Waals surface area contributed by atoms with Crippen LogP contribution in [0.15, 0.2) is 12.1 Å². The van der Waals surface area contributed by atoms with Crippen molar-refractivity contribution in [1.82, 2.24) is 4.90 Å². The molecule has 0 saturated carbocycles. The van der Waals surface area contributed by atoms with Crippen LogP contribution in [0.5, 0.6) is 11.5 Å². The predicted octanol–water partition coefficient (Wildman–Crippen LogP) is 2.64. The van der Waals surface area contributed by atoms with Gasteiger partial charge in [0, 0.05) is 18.1 Å². The van der Waals surface area contributed by atoms with Gasteiger partial charge in [-0.05, 0) is 33.0 Å². The van der Waals surface area contributed by atoms with Crippen molar-refractivity contribution in [2.24, 2.45) is 5.92 Å². The minimum absolute atomic E-state index is 0.0192. The van der Waals surface area contributed by atoms with E-state index in [0.29, 0.717) is 22.2 Å². The molecule has 2 rings (SSSR count). The zero-order valence-electron chi connectivity index (χ0n) is 12.6. The van der Waals surface area contributed by atoms with E-state index in [4.69, 9.17) is 21.1 Å². The first kappa shape index (κ1) is 15.9. The van der Waals surface area contributed by atoms with E-state index in [2.05, 4.69) is 17.3 Å². The van der Waals surface area contributed by atoms with Crippen molar-refractivity contribution in [3.63, 3.8) is 0 Å². The van der Waals surface area contributed by atoms with E-state index < -0.39 is 0 Å². The molecule has 0 bridgehead atoms. The standard InChI is InChI=1S/C15H21ClN2O3/c1-18-6-4-10(5-7-18)15(19)17-12-9-13(20-2)11(16)8-14(12)21-3/h8-10H,4-7H2,1-3H3,(H,17,19). The van der Waals surface area contributed by atoms with E-state index >= 15 is 0 Å². The molecule has 1 aromatic rings. The fourth-order valence-corrected chi connectivity index (χ4v) is 2.69. The molecule has 1 heterocycles. The molecule has 21 heavy (non-hydrogen) atoms. The molecule has 0 unspecified atom stereocenters. The van der Waals surface area contributed by atoms with Crippen molar-refractivity contribution in [3.05, 3.63) is 17.2 Å². The zero-order valence-corrected chi connectivity index (χ0v) is 13.4. The molecule has 0 aliphatic carbocycles. The summed E-state index contributed by atoms with van der Waals surface area (Å²) in [5, 5.41) is 3.38. The van der Waals surface area contributed by atoms with Gasteiger partial charge >= 0.3 is 0 Å². The molecule has 6 heteroatoms. The third kappa shape index (κ3) is 3.80. The van der Waals surface area contributed by atoms with E-state index in [1.54, 1.807) is 19.2 Å². The second-order valence-corrected chi connectivity index (χ2v) is 5.66. The number of piperidine rings is 1. The van der Waals surface area contributed by atoms with Crippen LogP contribution in [-0.4, -0.2) is 45.2 Å². The molecule has 0 radical (unpaired) electrons. The Morgan fingerprint density at radius 1 is 1.24 bits per heavy atom. The maximum absolute atomic E-state index is 12.4. The lowest BCUT2D eigenvalue weighted by molar-refractivity contribution is -0.121.